The Morgan fingerprint density at radius 2 is 2.05 bits per heavy atom. The van der Waals surface area contributed by atoms with Crippen LogP contribution in [0.1, 0.15) is 32.8 Å². The van der Waals surface area contributed by atoms with Crippen molar-refractivity contribution in [1.82, 2.24) is 5.32 Å². The lowest BCUT2D eigenvalue weighted by Crippen LogP contribution is -2.33. The minimum Gasteiger partial charge on any atom is -0.348 e. The highest BCUT2D eigenvalue weighted by molar-refractivity contribution is 5.14. The summed E-state index contributed by atoms with van der Waals surface area (Å²) in [6, 6.07) is 10.5. The molecule has 106 valence electrons. The lowest BCUT2D eigenvalue weighted by atomic mass is 10.00. The lowest BCUT2D eigenvalue weighted by Gasteiger charge is -2.23. The van der Waals surface area contributed by atoms with Crippen LogP contribution in [0.4, 0.5) is 0 Å². The second kappa shape index (κ2) is 6.51. The molecule has 2 rings (SSSR count). The van der Waals surface area contributed by atoms with E-state index >= 15 is 0 Å². The minimum absolute atomic E-state index is 0.211. The summed E-state index contributed by atoms with van der Waals surface area (Å²) in [7, 11) is 0. The van der Waals surface area contributed by atoms with Crippen molar-refractivity contribution in [1.29, 1.82) is 0 Å². The fraction of sp³-hybridized carbons (Fsp3) is 0.625. The van der Waals surface area contributed by atoms with E-state index in [4.69, 9.17) is 9.47 Å². The third-order valence-electron chi connectivity index (χ3n) is 3.66. The lowest BCUT2D eigenvalue weighted by molar-refractivity contribution is -0.144. The molecule has 0 radical (unpaired) electrons. The summed E-state index contributed by atoms with van der Waals surface area (Å²) in [5.41, 5.74) is 1.32. The van der Waals surface area contributed by atoms with Gasteiger partial charge in [-0.1, -0.05) is 37.3 Å². The van der Waals surface area contributed by atoms with Gasteiger partial charge in [0.05, 0.1) is 12.7 Å². The molecule has 0 unspecified atom stereocenters. The number of hydrogen-bond donors (Lipinski definition) is 1. The molecule has 0 amide bonds. The van der Waals surface area contributed by atoms with E-state index in [0.717, 1.165) is 19.5 Å². The molecular formula is C16H25NO2. The minimum atomic E-state index is -0.419. The molecule has 1 N–H and O–H groups in total. The van der Waals surface area contributed by atoms with E-state index in [9.17, 15) is 0 Å². The van der Waals surface area contributed by atoms with Crippen molar-refractivity contribution in [3.05, 3.63) is 35.9 Å². The first-order chi connectivity index (χ1) is 9.11. The fourth-order valence-corrected chi connectivity index (χ4v) is 2.48. The molecule has 3 nitrogen and oxygen atoms in total. The zero-order chi connectivity index (χ0) is 13.7. The molecule has 0 aliphatic carbocycles. The van der Waals surface area contributed by atoms with Crippen LogP contribution >= 0.6 is 0 Å². The van der Waals surface area contributed by atoms with E-state index < -0.39 is 5.79 Å². The van der Waals surface area contributed by atoms with Gasteiger partial charge in [0, 0.05) is 13.1 Å². The molecule has 1 fully saturated rings. The third kappa shape index (κ3) is 4.30. The average Bonchev–Trinajstić information content (AvgIpc) is 2.76. The molecule has 1 heterocycles. The standard InChI is InChI=1S/C16H25NO2/c1-4-14(15-12-18-16(2,3)19-15)11-17-10-13-8-6-5-7-9-13/h5-9,14-15,17H,4,10-12H2,1-3H3/t14-,15-/m0/s1. The van der Waals surface area contributed by atoms with Crippen LogP contribution in [0.3, 0.4) is 0 Å². The van der Waals surface area contributed by atoms with Gasteiger partial charge in [-0.15, -0.1) is 0 Å². The van der Waals surface area contributed by atoms with Gasteiger partial charge >= 0.3 is 0 Å². The maximum atomic E-state index is 5.94. The van der Waals surface area contributed by atoms with Crippen LogP contribution in [0.15, 0.2) is 30.3 Å². The summed E-state index contributed by atoms with van der Waals surface area (Å²) < 4.78 is 11.6. The summed E-state index contributed by atoms with van der Waals surface area (Å²) in [5.74, 6) is 0.0860. The molecular weight excluding hydrogens is 238 g/mol. The van der Waals surface area contributed by atoms with Gasteiger partial charge < -0.3 is 14.8 Å². The molecule has 1 aromatic rings. The maximum Gasteiger partial charge on any atom is 0.163 e. The predicted octanol–water partition coefficient (Wildman–Crippen LogP) is 2.95. The normalized spacial score (nSPS) is 23.4. The Hall–Kier alpha value is -0.900. The molecule has 19 heavy (non-hydrogen) atoms. The highest BCUT2D eigenvalue weighted by Gasteiger charge is 2.36. The molecule has 0 saturated carbocycles. The van der Waals surface area contributed by atoms with Gasteiger partial charge in [-0.05, 0) is 31.7 Å². The topological polar surface area (TPSA) is 30.5 Å². The second-order valence-electron chi connectivity index (χ2n) is 5.65. The Labute approximate surface area is 116 Å². The van der Waals surface area contributed by atoms with Gasteiger partial charge in [-0.2, -0.15) is 0 Å². The van der Waals surface area contributed by atoms with E-state index in [1.165, 1.54) is 5.56 Å². The van der Waals surface area contributed by atoms with Gasteiger partial charge in [0.1, 0.15) is 0 Å². The Morgan fingerprint density at radius 3 is 2.63 bits per heavy atom. The smallest absolute Gasteiger partial charge is 0.163 e. The van der Waals surface area contributed by atoms with Gasteiger partial charge in [0.25, 0.3) is 0 Å². The Bertz CT molecular complexity index is 378. The molecule has 0 spiro atoms. The van der Waals surface area contributed by atoms with Crippen molar-refractivity contribution >= 4 is 0 Å². The van der Waals surface area contributed by atoms with Gasteiger partial charge in [-0.3, -0.25) is 0 Å². The van der Waals surface area contributed by atoms with Gasteiger partial charge in [-0.25, -0.2) is 0 Å². The molecule has 0 aromatic heterocycles. The first-order valence-corrected chi connectivity index (χ1v) is 7.17. The van der Waals surface area contributed by atoms with E-state index in [0.29, 0.717) is 12.5 Å². The van der Waals surface area contributed by atoms with Gasteiger partial charge in [0.2, 0.25) is 0 Å². The molecule has 2 atom stereocenters. The molecule has 1 aliphatic rings. The van der Waals surface area contributed by atoms with Crippen molar-refractivity contribution in [3.8, 4) is 0 Å². The second-order valence-corrected chi connectivity index (χ2v) is 5.65. The summed E-state index contributed by atoms with van der Waals surface area (Å²) in [6.45, 7) is 8.76. The van der Waals surface area contributed by atoms with E-state index in [-0.39, 0.29) is 6.10 Å². The Balaban J connectivity index is 1.77. The Kier molecular flexibility index (Phi) is 4.97. The van der Waals surface area contributed by atoms with E-state index in [1.54, 1.807) is 0 Å². The fourth-order valence-electron chi connectivity index (χ4n) is 2.48. The van der Waals surface area contributed by atoms with Crippen molar-refractivity contribution in [2.24, 2.45) is 5.92 Å². The van der Waals surface area contributed by atoms with Crippen LogP contribution in [0.25, 0.3) is 0 Å². The first kappa shape index (κ1) is 14.5. The molecule has 1 saturated heterocycles. The maximum absolute atomic E-state index is 5.94. The zero-order valence-corrected chi connectivity index (χ0v) is 12.2. The number of benzene rings is 1. The number of hydrogen-bond acceptors (Lipinski definition) is 3. The summed E-state index contributed by atoms with van der Waals surface area (Å²) in [5, 5.41) is 3.52. The van der Waals surface area contributed by atoms with Crippen molar-refractivity contribution < 1.29 is 9.47 Å². The monoisotopic (exact) mass is 263 g/mol. The number of ether oxygens (including phenoxy) is 2. The van der Waals surface area contributed by atoms with Crippen LogP contribution < -0.4 is 5.32 Å². The van der Waals surface area contributed by atoms with Crippen LogP contribution in [-0.4, -0.2) is 25.0 Å². The van der Waals surface area contributed by atoms with Crippen molar-refractivity contribution in [2.75, 3.05) is 13.2 Å². The summed E-state index contributed by atoms with van der Waals surface area (Å²) >= 11 is 0. The van der Waals surface area contributed by atoms with Crippen LogP contribution in [0.2, 0.25) is 0 Å². The predicted molar refractivity (Wildman–Crippen MR) is 76.8 cm³/mol. The molecule has 0 bridgehead atoms. The first-order valence-electron chi connectivity index (χ1n) is 7.17. The van der Waals surface area contributed by atoms with Crippen LogP contribution in [0.5, 0.6) is 0 Å². The van der Waals surface area contributed by atoms with Crippen molar-refractivity contribution in [2.45, 2.75) is 45.6 Å². The highest BCUT2D eigenvalue weighted by Crippen LogP contribution is 2.27. The summed E-state index contributed by atoms with van der Waals surface area (Å²) in [4.78, 5) is 0. The molecule has 1 aliphatic heterocycles. The molecule has 1 aromatic carbocycles. The molecule has 3 heteroatoms. The zero-order valence-electron chi connectivity index (χ0n) is 12.2. The van der Waals surface area contributed by atoms with Crippen LogP contribution in [0, 0.1) is 5.92 Å². The Morgan fingerprint density at radius 1 is 1.32 bits per heavy atom. The van der Waals surface area contributed by atoms with Crippen LogP contribution in [-0.2, 0) is 16.0 Å². The van der Waals surface area contributed by atoms with E-state index in [1.807, 2.05) is 19.9 Å². The third-order valence-corrected chi connectivity index (χ3v) is 3.66. The number of rotatable bonds is 6. The quantitative estimate of drug-likeness (QED) is 0.856. The summed E-state index contributed by atoms with van der Waals surface area (Å²) in [6.07, 6.45) is 1.31. The highest BCUT2D eigenvalue weighted by atomic mass is 16.7. The number of nitrogens with one attached hydrogen (secondary N) is 1. The van der Waals surface area contributed by atoms with Gasteiger partial charge in [0.15, 0.2) is 5.79 Å². The largest absolute Gasteiger partial charge is 0.348 e. The average molecular weight is 263 g/mol. The van der Waals surface area contributed by atoms with E-state index in [2.05, 4.69) is 36.5 Å². The SMILES string of the molecule is CC[C@@H](CNCc1ccccc1)[C@@H]1COC(C)(C)O1. The van der Waals surface area contributed by atoms with Crippen molar-refractivity contribution in [3.63, 3.8) is 0 Å².